The molecule has 1 aromatic carbocycles. The summed E-state index contributed by atoms with van der Waals surface area (Å²) in [5.41, 5.74) is 0.608. The Kier molecular flexibility index (Phi) is 5.50. The van der Waals surface area contributed by atoms with E-state index in [0.717, 1.165) is 19.3 Å². The van der Waals surface area contributed by atoms with Crippen LogP contribution in [0.1, 0.15) is 49.9 Å². The lowest BCUT2D eigenvalue weighted by Gasteiger charge is -2.29. The molecule has 0 saturated carbocycles. The van der Waals surface area contributed by atoms with Crippen molar-refractivity contribution in [2.24, 2.45) is 4.40 Å². The first-order chi connectivity index (χ1) is 12.8. The molecule has 0 spiro atoms. The molecule has 1 atom stereocenters. The van der Waals surface area contributed by atoms with E-state index in [-0.39, 0.29) is 10.5 Å². The summed E-state index contributed by atoms with van der Waals surface area (Å²) in [6.45, 7) is 4.34. The quantitative estimate of drug-likeness (QED) is 0.783. The van der Waals surface area contributed by atoms with Crippen LogP contribution in [0.2, 0.25) is 0 Å². The van der Waals surface area contributed by atoms with Crippen molar-refractivity contribution in [1.29, 1.82) is 0 Å². The number of amides is 1. The van der Waals surface area contributed by atoms with E-state index in [1.165, 1.54) is 19.1 Å². The van der Waals surface area contributed by atoms with E-state index in [9.17, 15) is 18.0 Å². The summed E-state index contributed by atoms with van der Waals surface area (Å²) >= 11 is 0. The second-order valence-electron chi connectivity index (χ2n) is 6.57. The highest BCUT2D eigenvalue weighted by Crippen LogP contribution is 2.35. The summed E-state index contributed by atoms with van der Waals surface area (Å²) < 4.78 is 34.3. The molecule has 0 radical (unpaired) electrons. The Morgan fingerprint density at radius 2 is 2.07 bits per heavy atom. The second kappa shape index (κ2) is 7.67. The van der Waals surface area contributed by atoms with Crippen molar-refractivity contribution in [3.63, 3.8) is 0 Å². The lowest BCUT2D eigenvalue weighted by Crippen LogP contribution is -2.36. The minimum absolute atomic E-state index is 0.00624. The van der Waals surface area contributed by atoms with Gasteiger partial charge >= 0.3 is 5.97 Å². The van der Waals surface area contributed by atoms with Crippen LogP contribution in [-0.2, 0) is 19.6 Å². The highest BCUT2D eigenvalue weighted by Gasteiger charge is 2.32. The molecule has 1 N–H and O–H groups in total. The highest BCUT2D eigenvalue weighted by molar-refractivity contribution is 7.90. The zero-order valence-electron chi connectivity index (χ0n) is 15.4. The van der Waals surface area contributed by atoms with Gasteiger partial charge in [0.25, 0.3) is 15.9 Å². The lowest BCUT2D eigenvalue weighted by molar-refractivity contribution is -0.128. The number of anilines is 1. The number of ether oxygens (including phenoxy) is 1. The number of fused-ring (bicyclic) bond motifs is 3. The molecule has 0 aromatic heterocycles. The molecule has 0 bridgehead atoms. The van der Waals surface area contributed by atoms with Gasteiger partial charge in [0.05, 0.1) is 11.3 Å². The zero-order chi connectivity index (χ0) is 19.6. The minimum Gasteiger partial charge on any atom is -0.449 e. The van der Waals surface area contributed by atoms with Gasteiger partial charge in [0, 0.05) is 19.5 Å². The van der Waals surface area contributed by atoms with Gasteiger partial charge in [-0.2, -0.15) is 8.42 Å². The first-order valence-corrected chi connectivity index (χ1v) is 10.5. The Hall–Kier alpha value is -2.42. The number of carbonyl (C=O) groups is 2. The monoisotopic (exact) mass is 393 g/mol. The molecule has 1 amide bonds. The van der Waals surface area contributed by atoms with Gasteiger partial charge in [0.2, 0.25) is 0 Å². The fourth-order valence-electron chi connectivity index (χ4n) is 3.21. The van der Waals surface area contributed by atoms with Crippen LogP contribution in [0.25, 0.3) is 0 Å². The molecule has 146 valence electrons. The number of carbonyl (C=O) groups excluding carboxylic acids is 2. The van der Waals surface area contributed by atoms with Gasteiger partial charge in [0.15, 0.2) is 6.10 Å². The van der Waals surface area contributed by atoms with Crippen LogP contribution in [0.5, 0.6) is 0 Å². The molecular weight excluding hydrogens is 370 g/mol. The van der Waals surface area contributed by atoms with E-state index in [0.29, 0.717) is 31.0 Å². The number of amidine groups is 1. The standard InChI is InChI=1S/C18H23N3O5S/c1-3-19-17(22)12(2)26-18(23)13-8-9-14-15(11-13)27(24,25)20-16-7-5-4-6-10-21(14)16/h8-9,11-12H,3-7,10H2,1-2H3,(H,19,22)/t12-/m1/s1. The molecule has 1 saturated heterocycles. The van der Waals surface area contributed by atoms with Crippen molar-refractivity contribution in [3.8, 4) is 0 Å². The van der Waals surface area contributed by atoms with Gasteiger partial charge < -0.3 is 15.0 Å². The summed E-state index contributed by atoms with van der Waals surface area (Å²) in [4.78, 5) is 26.0. The van der Waals surface area contributed by atoms with Crippen molar-refractivity contribution >= 4 is 33.4 Å². The molecule has 1 fully saturated rings. The van der Waals surface area contributed by atoms with Crippen molar-refractivity contribution in [2.45, 2.75) is 50.5 Å². The van der Waals surface area contributed by atoms with Crippen LogP contribution < -0.4 is 10.2 Å². The Morgan fingerprint density at radius 3 is 2.81 bits per heavy atom. The molecule has 0 unspecified atom stereocenters. The third kappa shape index (κ3) is 3.97. The number of rotatable bonds is 4. The number of nitrogens with zero attached hydrogens (tertiary/aromatic N) is 2. The third-order valence-electron chi connectivity index (χ3n) is 4.59. The van der Waals surface area contributed by atoms with Gasteiger partial charge in [-0.1, -0.05) is 6.42 Å². The van der Waals surface area contributed by atoms with Crippen molar-refractivity contribution in [1.82, 2.24) is 5.32 Å². The maximum atomic E-state index is 12.6. The summed E-state index contributed by atoms with van der Waals surface area (Å²) in [7, 11) is -3.88. The predicted octanol–water partition coefficient (Wildman–Crippen LogP) is 1.85. The van der Waals surface area contributed by atoms with Crippen LogP contribution in [0.15, 0.2) is 27.5 Å². The number of likely N-dealkylation sites (N-methyl/N-ethyl adjacent to an activating group) is 1. The van der Waals surface area contributed by atoms with Crippen molar-refractivity contribution in [2.75, 3.05) is 18.0 Å². The number of nitrogens with one attached hydrogen (secondary N) is 1. The van der Waals surface area contributed by atoms with Crippen LogP contribution in [0.3, 0.4) is 0 Å². The van der Waals surface area contributed by atoms with Crippen LogP contribution in [0.4, 0.5) is 5.69 Å². The zero-order valence-corrected chi connectivity index (χ0v) is 16.2. The summed E-state index contributed by atoms with van der Waals surface area (Å²) in [6, 6.07) is 4.41. The molecule has 1 aromatic rings. The maximum Gasteiger partial charge on any atom is 0.338 e. The Bertz CT molecular complexity index is 894. The molecule has 2 aliphatic rings. The van der Waals surface area contributed by atoms with E-state index in [1.54, 1.807) is 13.0 Å². The summed E-state index contributed by atoms with van der Waals surface area (Å²) in [6.07, 6.45) is 2.52. The normalized spacial score (nSPS) is 19.0. The van der Waals surface area contributed by atoms with E-state index >= 15 is 0 Å². The first kappa shape index (κ1) is 19.3. The lowest BCUT2D eigenvalue weighted by atomic mass is 10.1. The summed E-state index contributed by atoms with van der Waals surface area (Å²) in [5, 5.41) is 2.57. The molecule has 9 heteroatoms. The van der Waals surface area contributed by atoms with Gasteiger partial charge in [-0.3, -0.25) is 4.79 Å². The number of esters is 1. The number of benzene rings is 1. The molecular formula is C18H23N3O5S. The number of hydrogen-bond acceptors (Lipinski definition) is 6. The Balaban J connectivity index is 1.89. The molecule has 8 nitrogen and oxygen atoms in total. The van der Waals surface area contributed by atoms with Crippen molar-refractivity contribution < 1.29 is 22.7 Å². The first-order valence-electron chi connectivity index (χ1n) is 9.07. The molecule has 27 heavy (non-hydrogen) atoms. The largest absolute Gasteiger partial charge is 0.449 e. The molecule has 2 heterocycles. The van der Waals surface area contributed by atoms with Gasteiger partial charge in [-0.05, 0) is 44.9 Å². The topological polar surface area (TPSA) is 105 Å². The summed E-state index contributed by atoms with van der Waals surface area (Å²) in [5.74, 6) is -0.604. The van der Waals surface area contributed by atoms with E-state index in [4.69, 9.17) is 4.74 Å². The maximum absolute atomic E-state index is 12.6. The van der Waals surface area contributed by atoms with Crippen LogP contribution >= 0.6 is 0 Å². The van der Waals surface area contributed by atoms with E-state index < -0.39 is 28.0 Å². The molecule has 2 aliphatic heterocycles. The van der Waals surface area contributed by atoms with Crippen molar-refractivity contribution in [3.05, 3.63) is 23.8 Å². The molecule has 3 rings (SSSR count). The third-order valence-corrected chi connectivity index (χ3v) is 5.92. The number of hydrogen-bond donors (Lipinski definition) is 1. The van der Waals surface area contributed by atoms with E-state index in [2.05, 4.69) is 9.71 Å². The Morgan fingerprint density at radius 1 is 1.30 bits per heavy atom. The predicted molar refractivity (Wildman–Crippen MR) is 100 cm³/mol. The van der Waals surface area contributed by atoms with Gasteiger partial charge in [-0.25, -0.2) is 4.79 Å². The smallest absolute Gasteiger partial charge is 0.338 e. The highest BCUT2D eigenvalue weighted by atomic mass is 32.2. The fourth-order valence-corrected chi connectivity index (χ4v) is 4.49. The van der Waals surface area contributed by atoms with Gasteiger partial charge in [0.1, 0.15) is 10.7 Å². The minimum atomic E-state index is -3.88. The fraction of sp³-hybridized carbons (Fsp3) is 0.500. The number of sulfonamides is 1. The van der Waals surface area contributed by atoms with Crippen LogP contribution in [0, 0.1) is 0 Å². The van der Waals surface area contributed by atoms with E-state index in [1.807, 2.05) is 4.90 Å². The SMILES string of the molecule is CCNC(=O)[C@@H](C)OC(=O)c1ccc2c(c1)S(=O)(=O)N=C1CCCCCN12. The van der Waals surface area contributed by atoms with Crippen LogP contribution in [-0.4, -0.2) is 45.3 Å². The second-order valence-corrected chi connectivity index (χ2v) is 8.14. The Labute approximate surface area is 158 Å². The average molecular weight is 393 g/mol. The van der Waals surface area contributed by atoms with Gasteiger partial charge in [-0.15, -0.1) is 4.40 Å². The average Bonchev–Trinajstić information content (AvgIpc) is 2.86. The molecule has 0 aliphatic carbocycles.